The van der Waals surface area contributed by atoms with Gasteiger partial charge < -0.3 is 4.90 Å². The molecule has 1 unspecified atom stereocenters. The van der Waals surface area contributed by atoms with Gasteiger partial charge in [-0.3, -0.25) is 19.5 Å². The third-order valence-electron chi connectivity index (χ3n) is 6.31. The Balaban J connectivity index is 1.40. The molecule has 168 valence electrons. The molecule has 2 aliphatic heterocycles. The Kier molecular flexibility index (Phi) is 5.58. The SMILES string of the molecule is Cc1nc(C2CCCN(C(=O)c3ccccn3)C2)nc2c1CC(=O)N2Cc1ccc(F)cc1. The third kappa shape index (κ3) is 4.20. The Morgan fingerprint density at radius 1 is 1.15 bits per heavy atom. The van der Waals surface area contributed by atoms with Gasteiger partial charge in [0.15, 0.2) is 0 Å². The summed E-state index contributed by atoms with van der Waals surface area (Å²) >= 11 is 0. The largest absolute Gasteiger partial charge is 0.337 e. The van der Waals surface area contributed by atoms with Crippen molar-refractivity contribution in [1.82, 2.24) is 19.9 Å². The standard InChI is InChI=1S/C25H24FN5O2/c1-16-20-13-22(32)31(14-17-7-9-19(26)10-8-17)24(20)29-23(28-16)18-5-4-12-30(15-18)25(33)21-6-2-3-11-27-21/h2-3,6-11,18H,4-5,12-15H2,1H3. The van der Waals surface area contributed by atoms with Crippen LogP contribution in [0, 0.1) is 12.7 Å². The molecule has 0 radical (unpaired) electrons. The first-order chi connectivity index (χ1) is 16.0. The molecule has 5 rings (SSSR count). The fourth-order valence-electron chi connectivity index (χ4n) is 4.54. The molecule has 8 heteroatoms. The second-order valence-corrected chi connectivity index (χ2v) is 8.56. The molecular weight excluding hydrogens is 421 g/mol. The second-order valence-electron chi connectivity index (χ2n) is 8.56. The third-order valence-corrected chi connectivity index (χ3v) is 6.31. The molecule has 0 N–H and O–H groups in total. The molecule has 0 spiro atoms. The van der Waals surface area contributed by atoms with E-state index in [1.807, 2.05) is 11.8 Å². The molecule has 1 saturated heterocycles. The number of anilines is 1. The van der Waals surface area contributed by atoms with Crippen LogP contribution in [0.25, 0.3) is 0 Å². The molecule has 33 heavy (non-hydrogen) atoms. The van der Waals surface area contributed by atoms with Crippen molar-refractivity contribution in [3.63, 3.8) is 0 Å². The first-order valence-corrected chi connectivity index (χ1v) is 11.1. The number of fused-ring (bicyclic) bond motifs is 1. The molecule has 3 aromatic rings. The van der Waals surface area contributed by atoms with Gasteiger partial charge in [-0.2, -0.15) is 0 Å². The summed E-state index contributed by atoms with van der Waals surface area (Å²) in [7, 11) is 0. The first kappa shape index (κ1) is 21.2. The van der Waals surface area contributed by atoms with Gasteiger partial charge >= 0.3 is 0 Å². The number of likely N-dealkylation sites (tertiary alicyclic amines) is 1. The number of rotatable bonds is 4. The number of halogens is 1. The van der Waals surface area contributed by atoms with E-state index in [9.17, 15) is 14.0 Å². The fourth-order valence-corrected chi connectivity index (χ4v) is 4.54. The van der Waals surface area contributed by atoms with E-state index in [-0.39, 0.29) is 30.0 Å². The van der Waals surface area contributed by atoms with Crippen molar-refractivity contribution in [2.75, 3.05) is 18.0 Å². The van der Waals surface area contributed by atoms with Gasteiger partial charge in [0.2, 0.25) is 5.91 Å². The number of amides is 2. The van der Waals surface area contributed by atoms with E-state index in [0.29, 0.717) is 37.0 Å². The Morgan fingerprint density at radius 3 is 2.73 bits per heavy atom. The lowest BCUT2D eigenvalue weighted by Crippen LogP contribution is -2.40. The van der Waals surface area contributed by atoms with Crippen molar-refractivity contribution in [1.29, 1.82) is 0 Å². The van der Waals surface area contributed by atoms with Crippen LogP contribution in [0.4, 0.5) is 10.2 Å². The van der Waals surface area contributed by atoms with Gasteiger partial charge in [0.1, 0.15) is 23.2 Å². The number of hydrogen-bond acceptors (Lipinski definition) is 5. The summed E-state index contributed by atoms with van der Waals surface area (Å²) in [5.74, 6) is 0.822. The van der Waals surface area contributed by atoms with Crippen LogP contribution in [0.15, 0.2) is 48.7 Å². The Bertz CT molecular complexity index is 1200. The van der Waals surface area contributed by atoms with Crippen molar-refractivity contribution in [2.45, 2.75) is 38.6 Å². The zero-order chi connectivity index (χ0) is 22.9. The van der Waals surface area contributed by atoms with Crippen LogP contribution in [-0.2, 0) is 17.8 Å². The fraction of sp³-hybridized carbons (Fsp3) is 0.320. The van der Waals surface area contributed by atoms with Crippen LogP contribution in [-0.4, -0.2) is 44.8 Å². The maximum absolute atomic E-state index is 13.3. The van der Waals surface area contributed by atoms with E-state index in [2.05, 4.69) is 4.98 Å². The average Bonchev–Trinajstić information content (AvgIpc) is 3.16. The van der Waals surface area contributed by atoms with Gasteiger partial charge in [-0.15, -0.1) is 0 Å². The molecule has 1 fully saturated rings. The normalized spacial score (nSPS) is 17.9. The van der Waals surface area contributed by atoms with Crippen LogP contribution in [0.3, 0.4) is 0 Å². The molecule has 0 aliphatic carbocycles. The van der Waals surface area contributed by atoms with Gasteiger partial charge in [0, 0.05) is 36.5 Å². The zero-order valence-electron chi connectivity index (χ0n) is 18.4. The molecule has 1 aromatic carbocycles. The van der Waals surface area contributed by atoms with Crippen LogP contribution >= 0.6 is 0 Å². The van der Waals surface area contributed by atoms with Crippen molar-refractivity contribution in [2.24, 2.45) is 0 Å². The molecule has 7 nitrogen and oxygen atoms in total. The molecule has 2 aliphatic rings. The summed E-state index contributed by atoms with van der Waals surface area (Å²) in [4.78, 5) is 42.9. The van der Waals surface area contributed by atoms with E-state index >= 15 is 0 Å². The zero-order valence-corrected chi connectivity index (χ0v) is 18.4. The van der Waals surface area contributed by atoms with Crippen LogP contribution in [0.2, 0.25) is 0 Å². The lowest BCUT2D eigenvalue weighted by Gasteiger charge is -2.32. The predicted octanol–water partition coefficient (Wildman–Crippen LogP) is 3.43. The Hall–Kier alpha value is -3.68. The van der Waals surface area contributed by atoms with Crippen LogP contribution in [0.5, 0.6) is 0 Å². The number of hydrogen-bond donors (Lipinski definition) is 0. The average molecular weight is 445 g/mol. The van der Waals surface area contributed by atoms with Gasteiger partial charge in [-0.05, 0) is 49.6 Å². The van der Waals surface area contributed by atoms with Crippen molar-refractivity contribution in [3.05, 3.63) is 82.8 Å². The smallest absolute Gasteiger partial charge is 0.272 e. The number of carbonyl (C=O) groups is 2. The number of aryl methyl sites for hydroxylation is 1. The molecule has 1 atom stereocenters. The summed E-state index contributed by atoms with van der Waals surface area (Å²) in [5, 5.41) is 0. The highest BCUT2D eigenvalue weighted by Gasteiger charge is 2.34. The quantitative estimate of drug-likeness (QED) is 0.615. The Labute approximate surface area is 191 Å². The van der Waals surface area contributed by atoms with Crippen molar-refractivity contribution < 1.29 is 14.0 Å². The molecule has 2 aromatic heterocycles. The van der Waals surface area contributed by atoms with Gasteiger partial charge in [-0.25, -0.2) is 14.4 Å². The van der Waals surface area contributed by atoms with Crippen molar-refractivity contribution >= 4 is 17.6 Å². The highest BCUT2D eigenvalue weighted by molar-refractivity contribution is 6.00. The van der Waals surface area contributed by atoms with E-state index < -0.39 is 0 Å². The second kappa shape index (κ2) is 8.69. The molecular formula is C25H24FN5O2. The van der Waals surface area contributed by atoms with Gasteiger partial charge in [0.05, 0.1) is 13.0 Å². The first-order valence-electron chi connectivity index (χ1n) is 11.1. The number of nitrogens with zero attached hydrogens (tertiary/aromatic N) is 5. The van der Waals surface area contributed by atoms with Gasteiger partial charge in [-0.1, -0.05) is 18.2 Å². The summed E-state index contributed by atoms with van der Waals surface area (Å²) in [6.45, 7) is 3.42. The maximum Gasteiger partial charge on any atom is 0.272 e. The van der Waals surface area contributed by atoms with Crippen molar-refractivity contribution in [3.8, 4) is 0 Å². The summed E-state index contributed by atoms with van der Waals surface area (Å²) in [6, 6.07) is 11.5. The maximum atomic E-state index is 13.3. The van der Waals surface area contributed by atoms with Gasteiger partial charge in [0.25, 0.3) is 5.91 Å². The van der Waals surface area contributed by atoms with Crippen LogP contribution < -0.4 is 4.90 Å². The molecule has 0 bridgehead atoms. The van der Waals surface area contributed by atoms with Crippen LogP contribution in [0.1, 0.15) is 51.9 Å². The predicted molar refractivity (Wildman–Crippen MR) is 120 cm³/mol. The number of pyridine rings is 1. The van der Waals surface area contributed by atoms with E-state index in [0.717, 1.165) is 29.7 Å². The van der Waals surface area contributed by atoms with E-state index in [1.165, 1.54) is 12.1 Å². The number of carbonyl (C=O) groups excluding carboxylic acids is 2. The molecule has 4 heterocycles. The molecule has 2 amide bonds. The molecule has 0 saturated carbocycles. The minimum Gasteiger partial charge on any atom is -0.337 e. The highest BCUT2D eigenvalue weighted by atomic mass is 19.1. The highest BCUT2D eigenvalue weighted by Crippen LogP contribution is 2.33. The number of benzene rings is 1. The summed E-state index contributed by atoms with van der Waals surface area (Å²) < 4.78 is 13.3. The minimum absolute atomic E-state index is 0.0150. The van der Waals surface area contributed by atoms with E-state index in [4.69, 9.17) is 9.97 Å². The monoisotopic (exact) mass is 445 g/mol. The lowest BCUT2D eigenvalue weighted by molar-refractivity contribution is -0.117. The summed E-state index contributed by atoms with van der Waals surface area (Å²) in [6.07, 6.45) is 3.60. The number of piperidine rings is 1. The Morgan fingerprint density at radius 2 is 1.97 bits per heavy atom. The lowest BCUT2D eigenvalue weighted by atomic mass is 9.96. The topological polar surface area (TPSA) is 79.3 Å². The summed E-state index contributed by atoms with van der Waals surface area (Å²) in [5.41, 5.74) is 2.89. The number of aromatic nitrogens is 3. The van der Waals surface area contributed by atoms with E-state index in [1.54, 1.807) is 41.4 Å². The minimum atomic E-state index is -0.311.